The Kier molecular flexibility index (Phi) is 4.94. The molecule has 2 aromatic rings. The van der Waals surface area contributed by atoms with Crippen LogP contribution in [0.5, 0.6) is 11.6 Å². The lowest BCUT2D eigenvalue weighted by molar-refractivity contribution is 0.0939. The summed E-state index contributed by atoms with van der Waals surface area (Å²) in [6, 6.07) is 6.31. The van der Waals surface area contributed by atoms with E-state index in [1.807, 2.05) is 20.2 Å². The summed E-state index contributed by atoms with van der Waals surface area (Å²) in [4.78, 5) is 14.6. The maximum absolute atomic E-state index is 12.5. The number of hydrogen-bond donors (Lipinski definition) is 1. The zero-order valence-electron chi connectivity index (χ0n) is 15.1. The minimum absolute atomic E-state index is 0.0671. The highest BCUT2D eigenvalue weighted by Gasteiger charge is 2.21. The van der Waals surface area contributed by atoms with E-state index >= 15 is 0 Å². The summed E-state index contributed by atoms with van der Waals surface area (Å²) in [7, 11) is 7.28. The van der Waals surface area contributed by atoms with E-state index in [9.17, 15) is 4.79 Å². The highest BCUT2D eigenvalue weighted by atomic mass is 16.5. The first-order valence-corrected chi connectivity index (χ1v) is 8.27. The van der Waals surface area contributed by atoms with Crippen LogP contribution in [-0.2, 0) is 13.5 Å². The molecule has 7 nitrogen and oxygen atoms in total. The van der Waals surface area contributed by atoms with Crippen LogP contribution in [0.3, 0.4) is 0 Å². The van der Waals surface area contributed by atoms with Gasteiger partial charge in [0.15, 0.2) is 0 Å². The van der Waals surface area contributed by atoms with Crippen LogP contribution in [0.4, 0.5) is 0 Å². The third-order valence-corrected chi connectivity index (χ3v) is 4.41. The van der Waals surface area contributed by atoms with Crippen LogP contribution in [0.15, 0.2) is 24.4 Å². The molecule has 0 saturated heterocycles. The fourth-order valence-electron chi connectivity index (χ4n) is 3.07. The van der Waals surface area contributed by atoms with Crippen molar-refractivity contribution < 1.29 is 14.3 Å². The van der Waals surface area contributed by atoms with Crippen LogP contribution in [0, 0.1) is 0 Å². The predicted molar refractivity (Wildman–Crippen MR) is 94.2 cm³/mol. The van der Waals surface area contributed by atoms with Crippen molar-refractivity contribution in [1.82, 2.24) is 20.0 Å². The molecule has 134 valence electrons. The minimum atomic E-state index is -0.193. The average molecular weight is 344 g/mol. The standard InChI is InChI=1S/C18H24N4O3/c1-21(2)15(12-5-6-16-13(9-12)7-8-25-16)10-19-17(23)14-11-22(3)20-18(14)24-4/h5-6,9,11,15H,7-8,10H2,1-4H3,(H,19,23). The number of hydrogen-bond acceptors (Lipinski definition) is 5. The molecule has 0 radical (unpaired) electrons. The Morgan fingerprint density at radius 2 is 2.28 bits per heavy atom. The highest BCUT2D eigenvalue weighted by Crippen LogP contribution is 2.29. The van der Waals surface area contributed by atoms with Crippen molar-refractivity contribution in [2.24, 2.45) is 7.05 Å². The zero-order valence-corrected chi connectivity index (χ0v) is 15.1. The summed E-state index contributed by atoms with van der Waals surface area (Å²) >= 11 is 0. The summed E-state index contributed by atoms with van der Waals surface area (Å²) < 4.78 is 12.3. The number of aryl methyl sites for hydroxylation is 1. The molecule has 1 unspecified atom stereocenters. The number of likely N-dealkylation sites (N-methyl/N-ethyl adjacent to an activating group) is 1. The van der Waals surface area contributed by atoms with Crippen LogP contribution in [-0.4, -0.2) is 54.9 Å². The van der Waals surface area contributed by atoms with Gasteiger partial charge in [-0.25, -0.2) is 0 Å². The van der Waals surface area contributed by atoms with Gasteiger partial charge in [-0.15, -0.1) is 5.10 Å². The SMILES string of the molecule is COc1nn(C)cc1C(=O)NCC(c1ccc2c(c1)CCO2)N(C)C. The van der Waals surface area contributed by atoms with Crippen molar-refractivity contribution in [3.63, 3.8) is 0 Å². The third-order valence-electron chi connectivity index (χ3n) is 4.41. The molecule has 1 aliphatic heterocycles. The maximum atomic E-state index is 12.5. The van der Waals surface area contributed by atoms with Gasteiger partial charge in [0, 0.05) is 26.2 Å². The maximum Gasteiger partial charge on any atom is 0.258 e. The Morgan fingerprint density at radius 1 is 1.48 bits per heavy atom. The number of nitrogens with one attached hydrogen (secondary N) is 1. The number of methoxy groups -OCH3 is 1. The largest absolute Gasteiger partial charge is 0.493 e. The Bertz CT molecular complexity index is 770. The van der Waals surface area contributed by atoms with Crippen molar-refractivity contribution >= 4 is 5.91 Å². The molecule has 2 heterocycles. The van der Waals surface area contributed by atoms with Crippen molar-refractivity contribution in [3.8, 4) is 11.6 Å². The van der Waals surface area contributed by atoms with Gasteiger partial charge in [-0.05, 0) is 31.3 Å². The Labute approximate surface area is 147 Å². The summed E-state index contributed by atoms with van der Waals surface area (Å²) in [5, 5.41) is 7.11. The van der Waals surface area contributed by atoms with Gasteiger partial charge in [-0.1, -0.05) is 12.1 Å². The lowest BCUT2D eigenvalue weighted by Crippen LogP contribution is -2.34. The van der Waals surface area contributed by atoms with Gasteiger partial charge < -0.3 is 19.7 Å². The first kappa shape index (κ1) is 17.3. The van der Waals surface area contributed by atoms with Gasteiger partial charge in [-0.3, -0.25) is 9.48 Å². The molecule has 1 amide bonds. The quantitative estimate of drug-likeness (QED) is 0.858. The van der Waals surface area contributed by atoms with Crippen LogP contribution >= 0.6 is 0 Å². The smallest absolute Gasteiger partial charge is 0.258 e. The van der Waals surface area contributed by atoms with Crippen LogP contribution < -0.4 is 14.8 Å². The van der Waals surface area contributed by atoms with Crippen molar-refractivity contribution in [3.05, 3.63) is 41.1 Å². The molecule has 3 rings (SSSR count). The molecule has 0 fully saturated rings. The van der Waals surface area contributed by atoms with E-state index in [1.54, 1.807) is 17.9 Å². The Morgan fingerprint density at radius 3 is 3.00 bits per heavy atom. The molecule has 1 atom stereocenters. The lowest BCUT2D eigenvalue weighted by Gasteiger charge is -2.25. The number of carbonyl (C=O) groups is 1. The molecular weight excluding hydrogens is 320 g/mol. The first-order chi connectivity index (χ1) is 12.0. The van der Waals surface area contributed by atoms with Crippen molar-refractivity contribution in [2.45, 2.75) is 12.5 Å². The molecule has 0 saturated carbocycles. The topological polar surface area (TPSA) is 68.6 Å². The van der Waals surface area contributed by atoms with E-state index in [-0.39, 0.29) is 11.9 Å². The monoisotopic (exact) mass is 344 g/mol. The molecule has 25 heavy (non-hydrogen) atoms. The van der Waals surface area contributed by atoms with Gasteiger partial charge in [0.1, 0.15) is 11.3 Å². The highest BCUT2D eigenvalue weighted by molar-refractivity contribution is 5.96. The first-order valence-electron chi connectivity index (χ1n) is 8.27. The Balaban J connectivity index is 1.73. The number of nitrogens with zero attached hydrogens (tertiary/aromatic N) is 3. The van der Waals surface area contributed by atoms with E-state index in [1.165, 1.54) is 12.7 Å². The molecule has 0 aliphatic carbocycles. The van der Waals surface area contributed by atoms with E-state index in [4.69, 9.17) is 9.47 Å². The molecule has 0 bridgehead atoms. The predicted octanol–water partition coefficient (Wildman–Crippen LogP) is 1.40. The molecular formula is C18H24N4O3. The van der Waals surface area contributed by atoms with Crippen LogP contribution in [0.1, 0.15) is 27.5 Å². The summed E-state index contributed by atoms with van der Waals surface area (Å²) in [5.74, 6) is 1.10. The molecule has 1 aromatic carbocycles. The van der Waals surface area contributed by atoms with E-state index in [0.717, 1.165) is 24.3 Å². The minimum Gasteiger partial charge on any atom is -0.493 e. The number of rotatable bonds is 6. The third kappa shape index (κ3) is 3.61. The fourth-order valence-corrected chi connectivity index (χ4v) is 3.07. The second kappa shape index (κ2) is 7.14. The average Bonchev–Trinajstić information content (AvgIpc) is 3.19. The van der Waals surface area contributed by atoms with Crippen molar-refractivity contribution in [2.75, 3.05) is 34.4 Å². The Hall–Kier alpha value is -2.54. The number of amides is 1. The van der Waals surface area contributed by atoms with Crippen molar-refractivity contribution in [1.29, 1.82) is 0 Å². The lowest BCUT2D eigenvalue weighted by atomic mass is 10.0. The second-order valence-corrected chi connectivity index (χ2v) is 6.38. The number of benzene rings is 1. The van der Waals surface area contributed by atoms with Gasteiger partial charge in [0.2, 0.25) is 5.88 Å². The molecule has 1 aromatic heterocycles. The van der Waals surface area contributed by atoms with Crippen LogP contribution in [0.2, 0.25) is 0 Å². The summed E-state index contributed by atoms with van der Waals surface area (Å²) in [6.45, 7) is 1.23. The number of aromatic nitrogens is 2. The number of fused-ring (bicyclic) bond motifs is 1. The van der Waals surface area contributed by atoms with E-state index in [0.29, 0.717) is 18.0 Å². The van der Waals surface area contributed by atoms with Gasteiger partial charge in [0.05, 0.1) is 19.8 Å². The van der Waals surface area contributed by atoms with E-state index in [2.05, 4.69) is 27.4 Å². The number of carbonyl (C=O) groups excluding carboxylic acids is 1. The normalized spacial score (nSPS) is 14.1. The summed E-state index contributed by atoms with van der Waals surface area (Å²) in [5.41, 5.74) is 2.82. The molecule has 1 aliphatic rings. The van der Waals surface area contributed by atoms with Gasteiger partial charge in [0.25, 0.3) is 5.91 Å². The van der Waals surface area contributed by atoms with Gasteiger partial charge in [-0.2, -0.15) is 0 Å². The molecule has 0 spiro atoms. The number of ether oxygens (including phenoxy) is 2. The second-order valence-electron chi connectivity index (χ2n) is 6.38. The fraction of sp³-hybridized carbons (Fsp3) is 0.444. The van der Waals surface area contributed by atoms with Gasteiger partial charge >= 0.3 is 0 Å². The zero-order chi connectivity index (χ0) is 18.0. The van der Waals surface area contributed by atoms with E-state index < -0.39 is 0 Å². The molecule has 7 heteroatoms. The molecule has 1 N–H and O–H groups in total. The van der Waals surface area contributed by atoms with Crippen LogP contribution in [0.25, 0.3) is 0 Å². The summed E-state index contributed by atoms with van der Waals surface area (Å²) in [6.07, 6.45) is 2.59.